The first-order chi connectivity index (χ1) is 8.24. The van der Waals surface area contributed by atoms with Crippen molar-refractivity contribution in [1.82, 2.24) is 5.32 Å². The zero-order valence-electron chi connectivity index (χ0n) is 8.55. The van der Waals surface area contributed by atoms with E-state index in [4.69, 9.17) is 28.5 Å². The van der Waals surface area contributed by atoms with Gasteiger partial charge in [0.2, 0.25) is 0 Å². The molecule has 1 N–H and O–H groups in total. The van der Waals surface area contributed by atoms with Crippen LogP contribution < -0.4 is 5.32 Å². The minimum absolute atomic E-state index is 0.0765. The Labute approximate surface area is 110 Å². The van der Waals surface area contributed by atoms with Gasteiger partial charge in [-0.3, -0.25) is 4.79 Å². The van der Waals surface area contributed by atoms with Crippen LogP contribution in [0.2, 0.25) is 10.0 Å². The largest absolute Gasteiger partial charge is 0.471 e. The molecule has 96 valence electrons. The van der Waals surface area contributed by atoms with E-state index in [0.29, 0.717) is 0 Å². The lowest BCUT2D eigenvalue weighted by Crippen LogP contribution is -2.38. The number of nitrogens with one attached hydrogen (secondary N) is 1. The van der Waals surface area contributed by atoms with Gasteiger partial charge >= 0.3 is 12.1 Å². The van der Waals surface area contributed by atoms with Crippen LogP contribution in [-0.2, 0) is 4.79 Å². The molecule has 0 aromatic heterocycles. The average molecular weight is 297 g/mol. The van der Waals surface area contributed by atoms with Crippen molar-refractivity contribution < 1.29 is 18.0 Å². The standard InChI is InChI=1S/C10H5Cl2F3N2O/c11-6-1-5(2-7(12)3-6)8(4-16)17-9(18)10(13,14)15/h1-3,8H,(H,17,18). The molecule has 1 unspecified atom stereocenters. The fourth-order valence-electron chi connectivity index (χ4n) is 1.14. The van der Waals surface area contributed by atoms with Gasteiger partial charge in [0.15, 0.2) is 0 Å². The monoisotopic (exact) mass is 296 g/mol. The van der Waals surface area contributed by atoms with Crippen molar-refractivity contribution in [1.29, 1.82) is 5.26 Å². The summed E-state index contributed by atoms with van der Waals surface area (Å²) in [5, 5.41) is 10.6. The van der Waals surface area contributed by atoms with Crippen LogP contribution in [0.4, 0.5) is 13.2 Å². The lowest BCUT2D eigenvalue weighted by atomic mass is 10.1. The molecule has 8 heteroatoms. The molecule has 1 rings (SSSR count). The Morgan fingerprint density at radius 2 is 1.78 bits per heavy atom. The number of nitrogens with zero attached hydrogens (tertiary/aromatic N) is 1. The number of carbonyl (C=O) groups excluding carboxylic acids is 1. The smallest absolute Gasteiger partial charge is 0.329 e. The molecule has 18 heavy (non-hydrogen) atoms. The fraction of sp³-hybridized carbons (Fsp3) is 0.200. The van der Waals surface area contributed by atoms with E-state index in [9.17, 15) is 18.0 Å². The molecule has 0 spiro atoms. The zero-order valence-corrected chi connectivity index (χ0v) is 10.1. The van der Waals surface area contributed by atoms with E-state index >= 15 is 0 Å². The first-order valence-electron chi connectivity index (χ1n) is 4.47. The van der Waals surface area contributed by atoms with E-state index in [2.05, 4.69) is 0 Å². The molecular formula is C10H5Cl2F3N2O. The second-order valence-corrected chi connectivity index (χ2v) is 4.11. The first kappa shape index (κ1) is 14.6. The van der Waals surface area contributed by atoms with Crippen molar-refractivity contribution in [2.45, 2.75) is 12.2 Å². The van der Waals surface area contributed by atoms with Gasteiger partial charge in [-0.1, -0.05) is 23.2 Å². The van der Waals surface area contributed by atoms with Crippen molar-refractivity contribution in [2.75, 3.05) is 0 Å². The number of carbonyl (C=O) groups is 1. The van der Waals surface area contributed by atoms with Crippen molar-refractivity contribution in [3.8, 4) is 6.07 Å². The number of rotatable bonds is 2. The summed E-state index contributed by atoms with van der Waals surface area (Å²) in [5.41, 5.74) is 0.0765. The number of alkyl halides is 3. The molecule has 0 heterocycles. The summed E-state index contributed by atoms with van der Waals surface area (Å²) in [6, 6.07) is 3.90. The van der Waals surface area contributed by atoms with Gasteiger partial charge in [-0.05, 0) is 23.8 Å². The van der Waals surface area contributed by atoms with Gasteiger partial charge in [0.1, 0.15) is 6.04 Å². The lowest BCUT2D eigenvalue weighted by molar-refractivity contribution is -0.174. The second kappa shape index (κ2) is 5.46. The Morgan fingerprint density at radius 1 is 1.28 bits per heavy atom. The summed E-state index contributed by atoms with van der Waals surface area (Å²) in [7, 11) is 0. The highest BCUT2D eigenvalue weighted by molar-refractivity contribution is 6.34. The average Bonchev–Trinajstić information content (AvgIpc) is 2.22. The molecule has 0 fully saturated rings. The van der Waals surface area contributed by atoms with Crippen LogP contribution in [-0.4, -0.2) is 12.1 Å². The van der Waals surface area contributed by atoms with Crippen LogP contribution >= 0.6 is 23.2 Å². The van der Waals surface area contributed by atoms with E-state index < -0.39 is 18.1 Å². The van der Waals surface area contributed by atoms with E-state index in [1.807, 2.05) is 0 Å². The number of benzene rings is 1. The maximum atomic E-state index is 12.0. The van der Waals surface area contributed by atoms with Gasteiger partial charge in [0.25, 0.3) is 0 Å². The highest BCUT2D eigenvalue weighted by Crippen LogP contribution is 2.24. The Morgan fingerprint density at radius 3 is 2.17 bits per heavy atom. The van der Waals surface area contributed by atoms with E-state index in [1.165, 1.54) is 29.6 Å². The molecule has 0 saturated heterocycles. The Bertz CT molecular complexity index is 491. The van der Waals surface area contributed by atoms with Crippen molar-refractivity contribution >= 4 is 29.1 Å². The molecule has 0 aliphatic heterocycles. The number of hydrogen-bond donors (Lipinski definition) is 1. The SMILES string of the molecule is N#CC(NC(=O)C(F)(F)F)c1cc(Cl)cc(Cl)c1. The number of amides is 1. The molecule has 1 atom stereocenters. The Balaban J connectivity index is 2.98. The summed E-state index contributed by atoms with van der Waals surface area (Å²) >= 11 is 11.3. The summed E-state index contributed by atoms with van der Waals surface area (Å²) in [5.74, 6) is -2.20. The fourth-order valence-corrected chi connectivity index (χ4v) is 1.69. The highest BCUT2D eigenvalue weighted by Gasteiger charge is 2.40. The van der Waals surface area contributed by atoms with E-state index in [0.717, 1.165) is 0 Å². The third kappa shape index (κ3) is 3.79. The van der Waals surface area contributed by atoms with Gasteiger partial charge in [-0.15, -0.1) is 0 Å². The maximum absolute atomic E-state index is 12.0. The van der Waals surface area contributed by atoms with Crippen molar-refractivity contribution in [3.05, 3.63) is 33.8 Å². The first-order valence-corrected chi connectivity index (χ1v) is 5.23. The molecule has 0 aliphatic carbocycles. The third-order valence-electron chi connectivity index (χ3n) is 1.88. The topological polar surface area (TPSA) is 52.9 Å². The second-order valence-electron chi connectivity index (χ2n) is 3.24. The van der Waals surface area contributed by atoms with Gasteiger partial charge in [0, 0.05) is 10.0 Å². The van der Waals surface area contributed by atoms with Crippen LogP contribution in [0.1, 0.15) is 11.6 Å². The summed E-state index contributed by atoms with van der Waals surface area (Å²) < 4.78 is 36.1. The third-order valence-corrected chi connectivity index (χ3v) is 2.32. The number of halogens is 5. The quantitative estimate of drug-likeness (QED) is 0.911. The Hall–Kier alpha value is -1.45. The summed E-state index contributed by atoms with van der Waals surface area (Å²) in [6.45, 7) is 0. The number of hydrogen-bond acceptors (Lipinski definition) is 2. The molecule has 0 radical (unpaired) electrons. The van der Waals surface area contributed by atoms with Gasteiger partial charge in [-0.2, -0.15) is 18.4 Å². The molecule has 3 nitrogen and oxygen atoms in total. The molecule has 1 amide bonds. The van der Waals surface area contributed by atoms with Gasteiger partial charge in [0.05, 0.1) is 6.07 Å². The summed E-state index contributed by atoms with van der Waals surface area (Å²) in [6.07, 6.45) is -5.06. The predicted molar refractivity (Wildman–Crippen MR) is 59.0 cm³/mol. The Kier molecular flexibility index (Phi) is 4.43. The highest BCUT2D eigenvalue weighted by atomic mass is 35.5. The molecule has 0 aliphatic rings. The molecular weight excluding hydrogens is 292 g/mol. The predicted octanol–water partition coefficient (Wildman–Crippen LogP) is 3.24. The molecule has 0 bridgehead atoms. The van der Waals surface area contributed by atoms with E-state index in [-0.39, 0.29) is 15.6 Å². The van der Waals surface area contributed by atoms with Crippen molar-refractivity contribution in [3.63, 3.8) is 0 Å². The van der Waals surface area contributed by atoms with Crippen LogP contribution in [0.5, 0.6) is 0 Å². The van der Waals surface area contributed by atoms with Gasteiger partial charge < -0.3 is 5.32 Å². The van der Waals surface area contributed by atoms with Gasteiger partial charge in [-0.25, -0.2) is 0 Å². The van der Waals surface area contributed by atoms with Crippen LogP contribution in [0.15, 0.2) is 18.2 Å². The number of nitriles is 1. The van der Waals surface area contributed by atoms with Crippen LogP contribution in [0, 0.1) is 11.3 Å². The van der Waals surface area contributed by atoms with Crippen LogP contribution in [0.3, 0.4) is 0 Å². The maximum Gasteiger partial charge on any atom is 0.471 e. The minimum atomic E-state index is -5.06. The minimum Gasteiger partial charge on any atom is -0.329 e. The normalized spacial score (nSPS) is 12.7. The van der Waals surface area contributed by atoms with E-state index in [1.54, 1.807) is 0 Å². The molecule has 1 aromatic rings. The zero-order chi connectivity index (χ0) is 13.9. The summed E-state index contributed by atoms with van der Waals surface area (Å²) in [4.78, 5) is 10.7. The van der Waals surface area contributed by atoms with Crippen LogP contribution in [0.25, 0.3) is 0 Å². The lowest BCUT2D eigenvalue weighted by Gasteiger charge is -2.14. The molecule has 0 saturated carbocycles. The molecule has 1 aromatic carbocycles. The van der Waals surface area contributed by atoms with Crippen molar-refractivity contribution in [2.24, 2.45) is 0 Å².